The van der Waals surface area contributed by atoms with Crippen molar-refractivity contribution in [2.45, 2.75) is 43.4 Å². The molecule has 0 aliphatic heterocycles. The van der Waals surface area contributed by atoms with Crippen LogP contribution < -0.4 is 10.6 Å². The van der Waals surface area contributed by atoms with Crippen molar-refractivity contribution in [1.29, 1.82) is 0 Å². The average Bonchev–Trinajstić information content (AvgIpc) is 3.21. The van der Waals surface area contributed by atoms with Gasteiger partial charge in [0.1, 0.15) is 0 Å². The fourth-order valence-electron chi connectivity index (χ4n) is 3.12. The highest BCUT2D eigenvalue weighted by atomic mass is 32.2. The summed E-state index contributed by atoms with van der Waals surface area (Å²) in [6.45, 7) is 2.06. The smallest absolute Gasteiger partial charge is 0.338 e. The molecule has 8 nitrogen and oxygen atoms in total. The molecule has 0 spiro atoms. The van der Waals surface area contributed by atoms with E-state index in [0.29, 0.717) is 27.3 Å². The number of amides is 2. The van der Waals surface area contributed by atoms with Crippen LogP contribution in [0.5, 0.6) is 0 Å². The number of anilines is 2. The van der Waals surface area contributed by atoms with E-state index >= 15 is 0 Å². The standard InChI is InChI=1S/C20H24N4O4S2/c1-2-28-18(27)14-8-10-15(11-9-14)21-16(25)12-29-20-24-23-19(30-20)22-17(26)13-6-4-3-5-7-13/h8-11,13H,2-7,12H2,1H3,(H,21,25)(H,22,23,26). The van der Waals surface area contributed by atoms with Gasteiger partial charge in [-0.2, -0.15) is 0 Å². The third-order valence-corrected chi connectivity index (χ3v) is 6.59. The monoisotopic (exact) mass is 448 g/mol. The van der Waals surface area contributed by atoms with Gasteiger partial charge in [0.25, 0.3) is 0 Å². The van der Waals surface area contributed by atoms with E-state index in [1.807, 2.05) is 0 Å². The van der Waals surface area contributed by atoms with Gasteiger partial charge in [0.2, 0.25) is 16.9 Å². The maximum absolute atomic E-state index is 12.3. The Labute approximate surface area is 183 Å². The normalized spacial score (nSPS) is 14.2. The van der Waals surface area contributed by atoms with Gasteiger partial charge >= 0.3 is 5.97 Å². The Morgan fingerprint density at radius 1 is 1.10 bits per heavy atom. The van der Waals surface area contributed by atoms with Crippen LogP contribution in [-0.4, -0.2) is 40.3 Å². The van der Waals surface area contributed by atoms with Gasteiger partial charge in [-0.05, 0) is 44.0 Å². The maximum atomic E-state index is 12.3. The lowest BCUT2D eigenvalue weighted by Gasteiger charge is -2.19. The van der Waals surface area contributed by atoms with E-state index in [-0.39, 0.29) is 23.5 Å². The van der Waals surface area contributed by atoms with Gasteiger partial charge in [-0.3, -0.25) is 9.59 Å². The lowest BCUT2D eigenvalue weighted by Crippen LogP contribution is -2.24. The molecule has 1 aliphatic rings. The number of carbonyl (C=O) groups excluding carboxylic acids is 3. The molecular formula is C20H24N4O4S2. The second-order valence-electron chi connectivity index (χ2n) is 6.83. The first-order chi connectivity index (χ1) is 14.5. The second kappa shape index (κ2) is 11.1. The van der Waals surface area contributed by atoms with Crippen molar-refractivity contribution in [3.05, 3.63) is 29.8 Å². The number of thioether (sulfide) groups is 1. The van der Waals surface area contributed by atoms with Crippen molar-refractivity contribution >= 4 is 51.7 Å². The highest BCUT2D eigenvalue weighted by molar-refractivity contribution is 8.01. The molecule has 3 rings (SSSR count). The number of rotatable bonds is 8. The number of carbonyl (C=O) groups is 3. The van der Waals surface area contributed by atoms with Gasteiger partial charge in [0.05, 0.1) is 17.9 Å². The van der Waals surface area contributed by atoms with E-state index in [1.54, 1.807) is 31.2 Å². The van der Waals surface area contributed by atoms with Crippen LogP contribution in [-0.2, 0) is 14.3 Å². The SMILES string of the molecule is CCOC(=O)c1ccc(NC(=O)CSc2nnc(NC(=O)C3CCCCC3)s2)cc1. The van der Waals surface area contributed by atoms with Crippen LogP contribution in [0.3, 0.4) is 0 Å². The van der Waals surface area contributed by atoms with Crippen LogP contribution in [0.15, 0.2) is 28.6 Å². The molecular weight excluding hydrogens is 424 g/mol. The molecule has 30 heavy (non-hydrogen) atoms. The first-order valence-corrected chi connectivity index (χ1v) is 11.7. The van der Waals surface area contributed by atoms with Gasteiger partial charge in [-0.15, -0.1) is 10.2 Å². The van der Waals surface area contributed by atoms with Crippen LogP contribution >= 0.6 is 23.1 Å². The number of ether oxygens (including phenoxy) is 1. The Balaban J connectivity index is 1.43. The molecule has 10 heteroatoms. The second-order valence-corrected chi connectivity index (χ2v) is 9.03. The summed E-state index contributed by atoms with van der Waals surface area (Å²) in [4.78, 5) is 36.1. The van der Waals surface area contributed by atoms with E-state index in [4.69, 9.17) is 4.74 Å². The zero-order valence-corrected chi connectivity index (χ0v) is 18.3. The number of benzene rings is 1. The Bertz CT molecular complexity index is 879. The van der Waals surface area contributed by atoms with Gasteiger partial charge in [0.15, 0.2) is 4.34 Å². The predicted molar refractivity (Wildman–Crippen MR) is 117 cm³/mol. The van der Waals surface area contributed by atoms with Crippen LogP contribution in [0.25, 0.3) is 0 Å². The van der Waals surface area contributed by atoms with Gasteiger partial charge in [-0.25, -0.2) is 4.79 Å². The molecule has 0 radical (unpaired) electrons. The molecule has 0 saturated heterocycles. The number of nitrogens with one attached hydrogen (secondary N) is 2. The van der Waals surface area contributed by atoms with Crippen LogP contribution in [0.4, 0.5) is 10.8 Å². The fraction of sp³-hybridized carbons (Fsp3) is 0.450. The summed E-state index contributed by atoms with van der Waals surface area (Å²) in [6.07, 6.45) is 5.23. The van der Waals surface area contributed by atoms with E-state index in [1.165, 1.54) is 29.5 Å². The zero-order chi connectivity index (χ0) is 21.3. The molecule has 2 amide bonds. The molecule has 160 valence electrons. The summed E-state index contributed by atoms with van der Waals surface area (Å²) < 4.78 is 5.54. The van der Waals surface area contributed by atoms with E-state index in [9.17, 15) is 14.4 Å². The zero-order valence-electron chi connectivity index (χ0n) is 16.7. The largest absolute Gasteiger partial charge is 0.462 e. The van der Waals surface area contributed by atoms with Gasteiger partial charge in [0, 0.05) is 11.6 Å². The lowest BCUT2D eigenvalue weighted by atomic mass is 9.89. The first kappa shape index (κ1) is 22.2. The summed E-state index contributed by atoms with van der Waals surface area (Å²) in [7, 11) is 0. The number of esters is 1. The van der Waals surface area contributed by atoms with Gasteiger partial charge < -0.3 is 15.4 Å². The Morgan fingerprint density at radius 3 is 2.53 bits per heavy atom. The minimum Gasteiger partial charge on any atom is -0.462 e. The van der Waals surface area contributed by atoms with Crippen LogP contribution in [0.1, 0.15) is 49.4 Å². The summed E-state index contributed by atoms with van der Waals surface area (Å²) in [5, 5.41) is 14.1. The van der Waals surface area contributed by atoms with E-state index in [2.05, 4.69) is 20.8 Å². The van der Waals surface area contributed by atoms with Crippen LogP contribution in [0.2, 0.25) is 0 Å². The molecule has 1 aromatic heterocycles. The van der Waals surface area contributed by atoms with Crippen LogP contribution in [0, 0.1) is 5.92 Å². The van der Waals surface area contributed by atoms with Crippen molar-refractivity contribution in [1.82, 2.24) is 10.2 Å². The molecule has 1 fully saturated rings. The van der Waals surface area contributed by atoms with Crippen molar-refractivity contribution < 1.29 is 19.1 Å². The topological polar surface area (TPSA) is 110 Å². The Morgan fingerprint density at radius 2 is 1.83 bits per heavy atom. The fourth-order valence-corrected chi connectivity index (χ4v) is 4.67. The average molecular weight is 449 g/mol. The Hall–Kier alpha value is -2.46. The van der Waals surface area contributed by atoms with E-state index in [0.717, 1.165) is 25.7 Å². The quantitative estimate of drug-likeness (QED) is 0.357. The highest BCUT2D eigenvalue weighted by Crippen LogP contribution is 2.28. The van der Waals surface area contributed by atoms with Crippen molar-refractivity contribution in [3.63, 3.8) is 0 Å². The lowest BCUT2D eigenvalue weighted by molar-refractivity contribution is -0.120. The molecule has 0 unspecified atom stereocenters. The molecule has 1 aromatic carbocycles. The third-order valence-electron chi connectivity index (χ3n) is 4.62. The minimum atomic E-state index is -0.395. The number of aromatic nitrogens is 2. The number of nitrogens with zero attached hydrogens (tertiary/aromatic N) is 2. The highest BCUT2D eigenvalue weighted by Gasteiger charge is 2.22. The summed E-state index contributed by atoms with van der Waals surface area (Å²) in [5.41, 5.74) is 1.02. The summed E-state index contributed by atoms with van der Waals surface area (Å²) in [5.74, 6) is -0.378. The predicted octanol–water partition coefficient (Wildman–Crippen LogP) is 3.96. The van der Waals surface area contributed by atoms with E-state index < -0.39 is 5.97 Å². The Kier molecular flexibility index (Phi) is 8.21. The molecule has 2 aromatic rings. The number of hydrogen-bond donors (Lipinski definition) is 2. The summed E-state index contributed by atoms with van der Waals surface area (Å²) >= 11 is 2.51. The van der Waals surface area contributed by atoms with Crippen molar-refractivity contribution in [2.75, 3.05) is 23.0 Å². The van der Waals surface area contributed by atoms with Crippen molar-refractivity contribution in [2.24, 2.45) is 5.92 Å². The molecule has 1 saturated carbocycles. The summed E-state index contributed by atoms with van der Waals surface area (Å²) in [6, 6.07) is 6.51. The molecule has 0 atom stereocenters. The third kappa shape index (κ3) is 6.53. The van der Waals surface area contributed by atoms with Crippen molar-refractivity contribution in [3.8, 4) is 0 Å². The molecule has 1 aliphatic carbocycles. The van der Waals surface area contributed by atoms with Gasteiger partial charge in [-0.1, -0.05) is 42.4 Å². The first-order valence-electron chi connectivity index (χ1n) is 9.89. The maximum Gasteiger partial charge on any atom is 0.338 e. The number of hydrogen-bond acceptors (Lipinski definition) is 8. The molecule has 0 bridgehead atoms. The molecule has 2 N–H and O–H groups in total. The minimum absolute atomic E-state index is 0.00593. The molecule has 1 heterocycles.